The van der Waals surface area contributed by atoms with Crippen molar-refractivity contribution in [2.75, 3.05) is 27.2 Å². The molecule has 0 saturated heterocycles. The molecule has 1 atom stereocenters. The summed E-state index contributed by atoms with van der Waals surface area (Å²) in [7, 11) is 3.54. The quantitative estimate of drug-likeness (QED) is 0.824. The third kappa shape index (κ3) is 3.47. The van der Waals surface area contributed by atoms with Crippen LogP contribution in [0.3, 0.4) is 0 Å². The van der Waals surface area contributed by atoms with Crippen molar-refractivity contribution in [3.05, 3.63) is 23.9 Å². The van der Waals surface area contributed by atoms with Gasteiger partial charge in [0.2, 0.25) is 0 Å². The van der Waals surface area contributed by atoms with Crippen molar-refractivity contribution in [2.24, 2.45) is 5.73 Å². The van der Waals surface area contributed by atoms with E-state index in [1.807, 2.05) is 0 Å². The predicted molar refractivity (Wildman–Crippen MR) is 59.3 cm³/mol. The number of likely N-dealkylation sites (N-methyl/N-ethyl adjacent to an activating group) is 1. The normalized spacial score (nSPS) is 25.2. The molecule has 0 spiro atoms. The Morgan fingerprint density at radius 1 is 1.47 bits per heavy atom. The van der Waals surface area contributed by atoms with E-state index in [0.29, 0.717) is 6.54 Å². The number of nitrogens with two attached hydrogens (primary N) is 1. The maximum atomic E-state index is 13.0. The highest BCUT2D eigenvalue weighted by Gasteiger charge is 2.54. The van der Waals surface area contributed by atoms with Crippen LogP contribution < -0.4 is 5.73 Å². The molecule has 0 aliphatic heterocycles. The Bertz CT molecular complexity index is 323. The van der Waals surface area contributed by atoms with E-state index in [1.165, 1.54) is 12.2 Å². The molecule has 1 rings (SSSR count). The number of hydrogen-bond donors (Lipinski definition) is 1. The highest BCUT2D eigenvalue weighted by molar-refractivity contribution is 5.28. The summed E-state index contributed by atoms with van der Waals surface area (Å²) in [6.07, 6.45) is -0.903. The van der Waals surface area contributed by atoms with Crippen molar-refractivity contribution in [1.82, 2.24) is 4.90 Å². The maximum Gasteiger partial charge on any atom is 0.421 e. The van der Waals surface area contributed by atoms with Crippen LogP contribution >= 0.6 is 0 Å². The zero-order valence-corrected chi connectivity index (χ0v) is 9.92. The number of hydrogen-bond acceptors (Lipinski definition) is 3. The minimum atomic E-state index is -4.46. The number of allylic oxidation sites excluding steroid dienone is 1. The van der Waals surface area contributed by atoms with E-state index in [1.54, 1.807) is 19.0 Å². The van der Waals surface area contributed by atoms with Gasteiger partial charge in [-0.25, -0.2) is 0 Å². The minimum Gasteiger partial charge on any atom is -0.399 e. The zero-order chi connectivity index (χ0) is 13.1. The van der Waals surface area contributed by atoms with Crippen LogP contribution in [0.5, 0.6) is 0 Å². The standard InChI is InChI=1S/C11H17F3N2O/c1-16(2)6-7-17-10(11(12,13)14)5-3-4-9(15)8-10/h3-4,8H,5-7,15H2,1-2H3. The molecule has 17 heavy (non-hydrogen) atoms. The average Bonchev–Trinajstić information content (AvgIpc) is 2.15. The molecule has 98 valence electrons. The molecule has 0 bridgehead atoms. The molecule has 6 heteroatoms. The zero-order valence-electron chi connectivity index (χ0n) is 9.92. The molecule has 0 aromatic rings. The summed E-state index contributed by atoms with van der Waals surface area (Å²) in [6, 6.07) is 0. The molecule has 1 aliphatic rings. The van der Waals surface area contributed by atoms with Crippen LogP contribution in [0.15, 0.2) is 23.9 Å². The van der Waals surface area contributed by atoms with E-state index in [4.69, 9.17) is 10.5 Å². The van der Waals surface area contributed by atoms with Crippen LogP contribution in [0.4, 0.5) is 13.2 Å². The van der Waals surface area contributed by atoms with Gasteiger partial charge in [-0.3, -0.25) is 0 Å². The van der Waals surface area contributed by atoms with Crippen molar-refractivity contribution in [3.8, 4) is 0 Å². The monoisotopic (exact) mass is 250 g/mol. The maximum absolute atomic E-state index is 13.0. The highest BCUT2D eigenvalue weighted by atomic mass is 19.4. The van der Waals surface area contributed by atoms with Gasteiger partial charge in [0, 0.05) is 18.7 Å². The van der Waals surface area contributed by atoms with Gasteiger partial charge in [0.1, 0.15) is 0 Å². The van der Waals surface area contributed by atoms with Gasteiger partial charge in [-0.15, -0.1) is 0 Å². The summed E-state index contributed by atoms with van der Waals surface area (Å²) in [5.41, 5.74) is 3.23. The lowest BCUT2D eigenvalue weighted by molar-refractivity contribution is -0.257. The van der Waals surface area contributed by atoms with Gasteiger partial charge in [-0.1, -0.05) is 6.08 Å². The van der Waals surface area contributed by atoms with Crippen molar-refractivity contribution in [2.45, 2.75) is 18.2 Å². The SMILES string of the molecule is CN(C)CCOC1(C(F)(F)F)C=C(N)C=CC1. The third-order valence-corrected chi connectivity index (χ3v) is 2.51. The average molecular weight is 250 g/mol. The summed E-state index contributed by atoms with van der Waals surface area (Å²) in [6.45, 7) is 0.430. The van der Waals surface area contributed by atoms with Crippen LogP contribution in [0.25, 0.3) is 0 Å². The first kappa shape index (κ1) is 14.1. The van der Waals surface area contributed by atoms with Gasteiger partial charge >= 0.3 is 6.18 Å². The lowest BCUT2D eigenvalue weighted by atomic mass is 9.93. The first-order valence-corrected chi connectivity index (χ1v) is 5.27. The Hall–Kier alpha value is -1.01. The molecule has 0 aromatic heterocycles. The lowest BCUT2D eigenvalue weighted by Crippen LogP contribution is -2.48. The summed E-state index contributed by atoms with van der Waals surface area (Å²) in [4.78, 5) is 1.76. The number of alkyl halides is 3. The Balaban J connectivity index is 2.79. The van der Waals surface area contributed by atoms with Gasteiger partial charge in [0.25, 0.3) is 0 Å². The Morgan fingerprint density at radius 3 is 2.59 bits per heavy atom. The summed E-state index contributed by atoms with van der Waals surface area (Å²) >= 11 is 0. The molecule has 0 heterocycles. The van der Waals surface area contributed by atoms with E-state index >= 15 is 0 Å². The number of nitrogens with zero attached hydrogens (tertiary/aromatic N) is 1. The third-order valence-electron chi connectivity index (χ3n) is 2.51. The van der Waals surface area contributed by atoms with E-state index in [9.17, 15) is 13.2 Å². The van der Waals surface area contributed by atoms with Crippen LogP contribution in [-0.4, -0.2) is 43.9 Å². The fourth-order valence-electron chi connectivity index (χ4n) is 1.54. The van der Waals surface area contributed by atoms with Gasteiger partial charge < -0.3 is 15.4 Å². The number of ether oxygens (including phenoxy) is 1. The second kappa shape index (κ2) is 5.10. The fourth-order valence-corrected chi connectivity index (χ4v) is 1.54. The molecule has 0 saturated carbocycles. The van der Waals surface area contributed by atoms with Crippen molar-refractivity contribution in [3.63, 3.8) is 0 Å². The Kier molecular flexibility index (Phi) is 4.21. The lowest BCUT2D eigenvalue weighted by Gasteiger charge is -2.34. The van der Waals surface area contributed by atoms with Crippen LogP contribution in [0.1, 0.15) is 6.42 Å². The first-order valence-electron chi connectivity index (χ1n) is 5.27. The molecule has 1 aliphatic carbocycles. The second-order valence-corrected chi connectivity index (χ2v) is 4.29. The molecule has 1 unspecified atom stereocenters. The molecule has 0 aromatic carbocycles. The van der Waals surface area contributed by atoms with E-state index in [0.717, 1.165) is 6.08 Å². The highest BCUT2D eigenvalue weighted by Crippen LogP contribution is 2.40. The smallest absolute Gasteiger partial charge is 0.399 e. The van der Waals surface area contributed by atoms with Crippen molar-refractivity contribution >= 4 is 0 Å². The van der Waals surface area contributed by atoms with Gasteiger partial charge in [-0.05, 0) is 26.2 Å². The molecular weight excluding hydrogens is 233 g/mol. The van der Waals surface area contributed by atoms with Crippen molar-refractivity contribution in [1.29, 1.82) is 0 Å². The van der Waals surface area contributed by atoms with E-state index in [2.05, 4.69) is 0 Å². The topological polar surface area (TPSA) is 38.5 Å². The van der Waals surface area contributed by atoms with E-state index < -0.39 is 11.8 Å². The predicted octanol–water partition coefficient (Wildman–Crippen LogP) is 1.67. The second-order valence-electron chi connectivity index (χ2n) is 4.29. The molecule has 3 nitrogen and oxygen atoms in total. The molecule has 0 radical (unpaired) electrons. The van der Waals surface area contributed by atoms with E-state index in [-0.39, 0.29) is 18.7 Å². The van der Waals surface area contributed by atoms with Crippen LogP contribution in [-0.2, 0) is 4.74 Å². The molecule has 0 fully saturated rings. The number of halogens is 3. The van der Waals surface area contributed by atoms with Gasteiger partial charge in [0.05, 0.1) is 6.61 Å². The summed E-state index contributed by atoms with van der Waals surface area (Å²) in [5.74, 6) is 0. The van der Waals surface area contributed by atoms with Crippen LogP contribution in [0.2, 0.25) is 0 Å². The van der Waals surface area contributed by atoms with Crippen LogP contribution in [0, 0.1) is 0 Å². The fraction of sp³-hybridized carbons (Fsp3) is 0.636. The molecule has 2 N–H and O–H groups in total. The molecule has 0 amide bonds. The largest absolute Gasteiger partial charge is 0.421 e. The Labute approximate surface area is 98.7 Å². The summed E-state index contributed by atoms with van der Waals surface area (Å²) in [5, 5.41) is 0. The Morgan fingerprint density at radius 2 is 2.12 bits per heavy atom. The molecular formula is C11H17F3N2O. The van der Waals surface area contributed by atoms with Gasteiger partial charge in [-0.2, -0.15) is 13.2 Å². The minimum absolute atomic E-state index is 0.00410. The summed E-state index contributed by atoms with van der Waals surface area (Å²) < 4.78 is 44.1. The van der Waals surface area contributed by atoms with Crippen molar-refractivity contribution < 1.29 is 17.9 Å². The van der Waals surface area contributed by atoms with Gasteiger partial charge in [0.15, 0.2) is 5.60 Å². The first-order chi connectivity index (χ1) is 7.77. The number of rotatable bonds is 4.